The average molecular weight is 195 g/mol. The molecule has 1 saturated heterocycles. The Morgan fingerprint density at radius 1 is 1.43 bits per heavy atom. The lowest BCUT2D eigenvalue weighted by atomic mass is 10.2. The summed E-state index contributed by atoms with van der Waals surface area (Å²) < 4.78 is 13.2. The summed E-state index contributed by atoms with van der Waals surface area (Å²) in [6, 6.07) is 1.75. The molecule has 1 fully saturated rings. The molecule has 0 aromatic carbocycles. The lowest BCUT2D eigenvalue weighted by molar-refractivity contribution is 0.230. The predicted molar refractivity (Wildman–Crippen MR) is 52.3 cm³/mol. The molecule has 1 aromatic rings. The van der Waals surface area contributed by atoms with Crippen LogP contribution in [0.4, 0.5) is 4.39 Å². The van der Waals surface area contributed by atoms with E-state index in [1.54, 1.807) is 12.3 Å². The average Bonchev–Trinajstić information content (AvgIpc) is 2.23. The van der Waals surface area contributed by atoms with E-state index in [4.69, 9.17) is 0 Å². The summed E-state index contributed by atoms with van der Waals surface area (Å²) in [5, 5.41) is 3.27. The van der Waals surface area contributed by atoms with Gasteiger partial charge in [-0.15, -0.1) is 0 Å². The third-order valence-electron chi connectivity index (χ3n) is 2.46. The zero-order valence-electron chi connectivity index (χ0n) is 8.04. The summed E-state index contributed by atoms with van der Waals surface area (Å²) in [4.78, 5) is 5.98. The highest BCUT2D eigenvalue weighted by atomic mass is 19.1. The summed E-state index contributed by atoms with van der Waals surface area (Å²) in [5.74, 6) is -0.203. The van der Waals surface area contributed by atoms with Crippen LogP contribution < -0.4 is 5.32 Å². The van der Waals surface area contributed by atoms with Crippen molar-refractivity contribution in [3.05, 3.63) is 29.8 Å². The first-order valence-electron chi connectivity index (χ1n) is 4.88. The molecule has 0 radical (unpaired) electrons. The van der Waals surface area contributed by atoms with Gasteiger partial charge in [-0.05, 0) is 6.07 Å². The fourth-order valence-electron chi connectivity index (χ4n) is 1.64. The van der Waals surface area contributed by atoms with Crippen molar-refractivity contribution in [1.82, 2.24) is 15.2 Å². The number of hydrogen-bond acceptors (Lipinski definition) is 3. The Bertz CT molecular complexity index is 297. The first kappa shape index (κ1) is 9.55. The van der Waals surface area contributed by atoms with E-state index in [2.05, 4.69) is 15.2 Å². The topological polar surface area (TPSA) is 28.2 Å². The Balaban J connectivity index is 1.99. The van der Waals surface area contributed by atoms with Crippen molar-refractivity contribution in [3.8, 4) is 0 Å². The van der Waals surface area contributed by atoms with E-state index in [0.29, 0.717) is 6.54 Å². The van der Waals surface area contributed by atoms with Crippen molar-refractivity contribution in [2.45, 2.75) is 6.54 Å². The second-order valence-electron chi connectivity index (χ2n) is 3.49. The van der Waals surface area contributed by atoms with Gasteiger partial charge in [0.25, 0.3) is 0 Å². The number of nitrogens with zero attached hydrogens (tertiary/aromatic N) is 2. The number of halogens is 1. The highest BCUT2D eigenvalue weighted by molar-refractivity contribution is 5.12. The molecule has 0 saturated carbocycles. The molecule has 1 aromatic heterocycles. The molecule has 4 heteroatoms. The molecule has 76 valence electrons. The van der Waals surface area contributed by atoms with Gasteiger partial charge in [-0.1, -0.05) is 0 Å². The van der Waals surface area contributed by atoms with Crippen LogP contribution in [0.3, 0.4) is 0 Å². The zero-order chi connectivity index (χ0) is 9.80. The molecule has 2 heterocycles. The molecule has 0 amide bonds. The van der Waals surface area contributed by atoms with Gasteiger partial charge >= 0.3 is 0 Å². The summed E-state index contributed by atoms with van der Waals surface area (Å²) in [6.07, 6.45) is 2.91. The van der Waals surface area contributed by atoms with E-state index in [-0.39, 0.29) is 5.82 Å². The summed E-state index contributed by atoms with van der Waals surface area (Å²) in [5.41, 5.74) is 0.738. The van der Waals surface area contributed by atoms with Crippen LogP contribution in [-0.4, -0.2) is 36.1 Å². The van der Waals surface area contributed by atoms with Crippen molar-refractivity contribution in [2.24, 2.45) is 0 Å². The van der Waals surface area contributed by atoms with Gasteiger partial charge in [-0.3, -0.25) is 9.88 Å². The van der Waals surface area contributed by atoms with Gasteiger partial charge in [0.15, 0.2) is 0 Å². The Labute approximate surface area is 82.9 Å². The highest BCUT2D eigenvalue weighted by Gasteiger charge is 2.11. The Morgan fingerprint density at radius 2 is 2.21 bits per heavy atom. The van der Waals surface area contributed by atoms with Crippen LogP contribution in [0.2, 0.25) is 0 Å². The van der Waals surface area contributed by atoms with Gasteiger partial charge in [-0.25, -0.2) is 4.39 Å². The lowest BCUT2D eigenvalue weighted by Gasteiger charge is -2.27. The quantitative estimate of drug-likeness (QED) is 0.750. The standard InChI is InChI=1S/C10H14FN3/c11-10-7-13-2-1-9(10)8-14-5-3-12-4-6-14/h1-2,7,12H,3-6,8H2. The van der Waals surface area contributed by atoms with Gasteiger partial charge in [0, 0.05) is 44.5 Å². The molecule has 0 spiro atoms. The normalized spacial score (nSPS) is 18.4. The van der Waals surface area contributed by atoms with Crippen LogP contribution >= 0.6 is 0 Å². The van der Waals surface area contributed by atoms with Gasteiger partial charge in [0.05, 0.1) is 6.20 Å². The van der Waals surface area contributed by atoms with Crippen LogP contribution in [0.15, 0.2) is 18.5 Å². The molecular formula is C10H14FN3. The Kier molecular flexibility index (Phi) is 3.06. The van der Waals surface area contributed by atoms with E-state index < -0.39 is 0 Å². The van der Waals surface area contributed by atoms with Crippen molar-refractivity contribution in [1.29, 1.82) is 0 Å². The number of nitrogens with one attached hydrogen (secondary N) is 1. The minimum atomic E-state index is -0.203. The SMILES string of the molecule is Fc1cnccc1CN1CCNCC1. The maximum absolute atomic E-state index is 13.2. The van der Waals surface area contributed by atoms with Crippen LogP contribution in [0.25, 0.3) is 0 Å². The molecule has 1 N–H and O–H groups in total. The molecule has 2 rings (SSSR count). The molecule has 0 aliphatic carbocycles. The molecule has 14 heavy (non-hydrogen) atoms. The smallest absolute Gasteiger partial charge is 0.145 e. The number of rotatable bonds is 2. The van der Waals surface area contributed by atoms with Crippen LogP contribution in [0.5, 0.6) is 0 Å². The largest absolute Gasteiger partial charge is 0.314 e. The second-order valence-corrected chi connectivity index (χ2v) is 3.49. The number of hydrogen-bond donors (Lipinski definition) is 1. The molecule has 3 nitrogen and oxygen atoms in total. The zero-order valence-corrected chi connectivity index (χ0v) is 8.04. The van der Waals surface area contributed by atoms with Gasteiger partial charge in [0.1, 0.15) is 5.82 Å². The summed E-state index contributed by atoms with van der Waals surface area (Å²) in [6.45, 7) is 4.65. The van der Waals surface area contributed by atoms with Crippen molar-refractivity contribution < 1.29 is 4.39 Å². The molecule has 1 aliphatic heterocycles. The maximum atomic E-state index is 13.2. The third-order valence-corrected chi connectivity index (χ3v) is 2.46. The predicted octanol–water partition coefficient (Wildman–Crippen LogP) is 0.626. The first-order valence-corrected chi connectivity index (χ1v) is 4.88. The Morgan fingerprint density at radius 3 is 2.93 bits per heavy atom. The first-order chi connectivity index (χ1) is 6.86. The lowest BCUT2D eigenvalue weighted by Crippen LogP contribution is -2.43. The van der Waals surface area contributed by atoms with Gasteiger partial charge < -0.3 is 5.32 Å². The van der Waals surface area contributed by atoms with E-state index >= 15 is 0 Å². The van der Waals surface area contributed by atoms with Crippen molar-refractivity contribution in [2.75, 3.05) is 26.2 Å². The second kappa shape index (κ2) is 4.48. The van der Waals surface area contributed by atoms with Crippen molar-refractivity contribution in [3.63, 3.8) is 0 Å². The fraction of sp³-hybridized carbons (Fsp3) is 0.500. The Hall–Kier alpha value is -1.00. The van der Waals surface area contributed by atoms with Gasteiger partial charge in [-0.2, -0.15) is 0 Å². The molecule has 1 aliphatic rings. The number of pyridine rings is 1. The van der Waals surface area contributed by atoms with Crippen molar-refractivity contribution >= 4 is 0 Å². The fourth-order valence-corrected chi connectivity index (χ4v) is 1.64. The summed E-state index contributed by atoms with van der Waals surface area (Å²) in [7, 11) is 0. The minimum absolute atomic E-state index is 0.203. The maximum Gasteiger partial charge on any atom is 0.145 e. The monoisotopic (exact) mass is 195 g/mol. The van der Waals surface area contributed by atoms with Crippen LogP contribution in [-0.2, 0) is 6.54 Å². The van der Waals surface area contributed by atoms with Crippen LogP contribution in [0.1, 0.15) is 5.56 Å². The van der Waals surface area contributed by atoms with E-state index in [1.165, 1.54) is 6.20 Å². The van der Waals surface area contributed by atoms with E-state index in [0.717, 1.165) is 31.7 Å². The summed E-state index contributed by atoms with van der Waals surface area (Å²) >= 11 is 0. The van der Waals surface area contributed by atoms with Crippen LogP contribution in [0, 0.1) is 5.82 Å². The highest BCUT2D eigenvalue weighted by Crippen LogP contribution is 2.08. The molecule has 0 bridgehead atoms. The van der Waals surface area contributed by atoms with E-state index in [1.807, 2.05) is 0 Å². The number of aromatic nitrogens is 1. The minimum Gasteiger partial charge on any atom is -0.314 e. The molecule has 0 atom stereocenters. The molecular weight excluding hydrogens is 181 g/mol. The number of piperazine rings is 1. The molecule has 0 unspecified atom stereocenters. The van der Waals surface area contributed by atoms with Gasteiger partial charge in [0.2, 0.25) is 0 Å². The van der Waals surface area contributed by atoms with E-state index in [9.17, 15) is 4.39 Å². The third kappa shape index (κ3) is 2.27.